The first-order valence-corrected chi connectivity index (χ1v) is 8.54. The largest absolute Gasteiger partial charge is 0.469 e. The highest BCUT2D eigenvalue weighted by atomic mass is 19.4. The Kier molecular flexibility index (Phi) is 9.28. The van der Waals surface area contributed by atoms with Gasteiger partial charge in [0.1, 0.15) is 0 Å². The van der Waals surface area contributed by atoms with Gasteiger partial charge in [-0.25, -0.2) is 0 Å². The topological polar surface area (TPSA) is 52.6 Å². The Labute approximate surface area is 187 Å². The lowest BCUT2D eigenvalue weighted by Gasteiger charge is -2.42. The number of carbonyl (C=O) groups excluding carboxylic acids is 2. The van der Waals surface area contributed by atoms with E-state index in [0.29, 0.717) is 0 Å². The van der Waals surface area contributed by atoms with E-state index in [0.717, 1.165) is 7.11 Å². The molecule has 36 heavy (non-hydrogen) atoms. The molecule has 0 unspecified atom stereocenters. The summed E-state index contributed by atoms with van der Waals surface area (Å²) in [5.41, 5.74) is 0. The summed E-state index contributed by atoms with van der Waals surface area (Å²) in [6.45, 7) is -2.07. The number of alkyl halides is 17. The minimum atomic E-state index is -8.71. The molecule has 214 valence electrons. The molecule has 0 saturated carbocycles. The summed E-state index contributed by atoms with van der Waals surface area (Å²) in [5.74, 6) is -59.8. The molecule has 0 saturated heterocycles. The van der Waals surface area contributed by atoms with Crippen LogP contribution in [0.3, 0.4) is 0 Å². The van der Waals surface area contributed by atoms with Gasteiger partial charge in [-0.3, -0.25) is 9.59 Å². The molecule has 0 rings (SSSR count). The Balaban J connectivity index is 6.04. The average molecular weight is 578 g/mol. The molecule has 0 bridgehead atoms. The van der Waals surface area contributed by atoms with Crippen LogP contribution >= 0.6 is 0 Å². The van der Waals surface area contributed by atoms with Crippen LogP contribution in [0.1, 0.15) is 19.3 Å². The van der Waals surface area contributed by atoms with Crippen LogP contribution in [0.25, 0.3) is 0 Å². The molecular weight excluding hydrogens is 567 g/mol. The van der Waals surface area contributed by atoms with Gasteiger partial charge in [-0.2, -0.15) is 74.6 Å². The number of esters is 2. The lowest BCUT2D eigenvalue weighted by Crippen LogP contribution is -2.74. The number of halogens is 17. The molecule has 0 aromatic rings. The number of methoxy groups -OCH3 is 1. The molecule has 0 amide bonds. The lowest BCUT2D eigenvalue weighted by atomic mass is 9.88. The quantitative estimate of drug-likeness (QED) is 0.215. The molecule has 0 aromatic carbocycles. The van der Waals surface area contributed by atoms with Crippen molar-refractivity contribution < 1.29 is 93.7 Å². The van der Waals surface area contributed by atoms with E-state index in [2.05, 4.69) is 9.47 Å². The maximum Gasteiger partial charge on any atom is 0.460 e. The highest BCUT2D eigenvalue weighted by molar-refractivity contribution is 5.77. The highest BCUT2D eigenvalue weighted by Crippen LogP contribution is 2.64. The SMILES string of the molecule is COC(=O)CCC(=O)OCCC(F)(F)C(F)(F)C(F)(F)C(F)(F)C(F)(F)C(F)(F)C(F)(F)C(F)(F)F. The monoisotopic (exact) mass is 578 g/mol. The van der Waals surface area contributed by atoms with E-state index in [-0.39, 0.29) is 0 Å². The Hall–Kier alpha value is -2.25. The molecule has 0 aliphatic carbocycles. The standard InChI is InChI=1S/C15H11F17O4/c1-35-6(33)2-3-7(34)36-5-4-8(16,17)9(18,19)10(20,21)11(22,23)12(24,25)13(26,27)14(28,29)15(30,31)32/h2-5H2,1H3. The summed E-state index contributed by atoms with van der Waals surface area (Å²) < 4.78 is 230. The van der Waals surface area contributed by atoms with E-state index in [4.69, 9.17) is 0 Å². The highest BCUT2D eigenvalue weighted by Gasteiger charge is 2.95. The van der Waals surface area contributed by atoms with Gasteiger partial charge >= 0.3 is 59.6 Å². The van der Waals surface area contributed by atoms with Gasteiger partial charge in [-0.1, -0.05) is 0 Å². The third kappa shape index (κ3) is 5.37. The Morgan fingerprint density at radius 1 is 0.528 bits per heavy atom. The van der Waals surface area contributed by atoms with E-state index in [1.54, 1.807) is 0 Å². The van der Waals surface area contributed by atoms with Crippen LogP contribution in [0, 0.1) is 0 Å². The van der Waals surface area contributed by atoms with Crippen molar-refractivity contribution in [3.05, 3.63) is 0 Å². The molecule has 0 fully saturated rings. The summed E-state index contributed by atoms with van der Waals surface area (Å²) in [5, 5.41) is 0. The molecule has 0 aromatic heterocycles. The van der Waals surface area contributed by atoms with Crippen LogP contribution in [-0.4, -0.2) is 73.3 Å². The van der Waals surface area contributed by atoms with Crippen LogP contribution in [0.2, 0.25) is 0 Å². The lowest BCUT2D eigenvalue weighted by molar-refractivity contribution is -0.461. The second kappa shape index (κ2) is 9.90. The van der Waals surface area contributed by atoms with Crippen molar-refractivity contribution in [2.75, 3.05) is 13.7 Å². The predicted molar refractivity (Wildman–Crippen MR) is 77.5 cm³/mol. The van der Waals surface area contributed by atoms with Crippen LogP contribution in [0.15, 0.2) is 0 Å². The van der Waals surface area contributed by atoms with Crippen molar-refractivity contribution in [2.24, 2.45) is 0 Å². The van der Waals surface area contributed by atoms with Crippen LogP contribution in [0.5, 0.6) is 0 Å². The normalized spacial score (nSPS) is 15.1. The van der Waals surface area contributed by atoms with E-state index < -0.39 is 85.4 Å². The van der Waals surface area contributed by atoms with Gasteiger partial charge in [0.2, 0.25) is 0 Å². The third-order valence-electron chi connectivity index (χ3n) is 4.23. The Morgan fingerprint density at radius 3 is 1.22 bits per heavy atom. The number of hydrogen-bond donors (Lipinski definition) is 0. The first-order chi connectivity index (χ1) is 15.6. The third-order valence-corrected chi connectivity index (χ3v) is 4.23. The fraction of sp³-hybridized carbons (Fsp3) is 0.867. The second-order valence-electron chi connectivity index (χ2n) is 6.70. The maximum absolute atomic E-state index is 13.6. The zero-order valence-electron chi connectivity index (χ0n) is 16.9. The van der Waals surface area contributed by atoms with Crippen LogP contribution < -0.4 is 0 Å². The summed E-state index contributed by atoms with van der Waals surface area (Å²) >= 11 is 0. The Bertz CT molecular complexity index is 802. The Morgan fingerprint density at radius 2 is 0.861 bits per heavy atom. The van der Waals surface area contributed by atoms with E-state index in [1.165, 1.54) is 0 Å². The smallest absolute Gasteiger partial charge is 0.460 e. The average Bonchev–Trinajstić information content (AvgIpc) is 2.69. The van der Waals surface area contributed by atoms with Gasteiger partial charge in [0.05, 0.1) is 33.0 Å². The first kappa shape index (κ1) is 33.8. The van der Waals surface area contributed by atoms with E-state index in [1.807, 2.05) is 0 Å². The van der Waals surface area contributed by atoms with Gasteiger partial charge in [-0.05, 0) is 0 Å². The van der Waals surface area contributed by atoms with Crippen molar-refractivity contribution in [1.82, 2.24) is 0 Å². The number of hydrogen-bond acceptors (Lipinski definition) is 4. The molecule has 0 N–H and O–H groups in total. The maximum atomic E-state index is 13.6. The molecule has 21 heteroatoms. The molecule has 0 heterocycles. The summed E-state index contributed by atoms with van der Waals surface area (Å²) in [6.07, 6.45) is -12.5. The summed E-state index contributed by atoms with van der Waals surface area (Å²) in [7, 11) is 0.815. The van der Waals surface area contributed by atoms with Crippen molar-refractivity contribution in [1.29, 1.82) is 0 Å². The van der Waals surface area contributed by atoms with Gasteiger partial charge in [-0.15, -0.1) is 0 Å². The molecule has 0 radical (unpaired) electrons. The van der Waals surface area contributed by atoms with Gasteiger partial charge < -0.3 is 9.47 Å². The molecular formula is C15H11F17O4. The number of rotatable bonds is 12. The summed E-state index contributed by atoms with van der Waals surface area (Å²) in [6, 6.07) is 0. The molecule has 0 aliphatic heterocycles. The molecule has 0 aliphatic rings. The van der Waals surface area contributed by atoms with Gasteiger partial charge in [0.25, 0.3) is 0 Å². The zero-order chi connectivity index (χ0) is 29.4. The van der Waals surface area contributed by atoms with E-state index in [9.17, 15) is 84.2 Å². The second-order valence-corrected chi connectivity index (χ2v) is 6.70. The molecule has 0 spiro atoms. The van der Waals surface area contributed by atoms with Crippen molar-refractivity contribution in [3.8, 4) is 0 Å². The van der Waals surface area contributed by atoms with Crippen molar-refractivity contribution in [3.63, 3.8) is 0 Å². The van der Waals surface area contributed by atoms with Gasteiger partial charge in [0.15, 0.2) is 0 Å². The molecule has 4 nitrogen and oxygen atoms in total. The van der Waals surface area contributed by atoms with E-state index >= 15 is 0 Å². The number of carbonyl (C=O) groups is 2. The zero-order valence-corrected chi connectivity index (χ0v) is 16.9. The van der Waals surface area contributed by atoms with Crippen LogP contribution in [-0.2, 0) is 19.1 Å². The van der Waals surface area contributed by atoms with Crippen molar-refractivity contribution in [2.45, 2.75) is 66.9 Å². The van der Waals surface area contributed by atoms with Crippen molar-refractivity contribution >= 4 is 11.9 Å². The minimum Gasteiger partial charge on any atom is -0.469 e. The van der Waals surface area contributed by atoms with Gasteiger partial charge in [0, 0.05) is 0 Å². The first-order valence-electron chi connectivity index (χ1n) is 8.54. The fourth-order valence-electron chi connectivity index (χ4n) is 2.02. The fourth-order valence-corrected chi connectivity index (χ4v) is 2.02. The summed E-state index contributed by atoms with van der Waals surface area (Å²) in [4.78, 5) is 21.8. The minimum absolute atomic E-state index is 0.794. The number of ether oxygens (including phenoxy) is 2. The predicted octanol–water partition coefficient (Wildman–Crippen LogP) is 5.88. The van der Waals surface area contributed by atoms with Crippen LogP contribution in [0.4, 0.5) is 74.6 Å². The molecule has 0 atom stereocenters.